The van der Waals surface area contributed by atoms with E-state index in [4.69, 9.17) is 37.4 Å². The molecule has 1 heterocycles. The number of carbonyl (C=O) groups excluding carboxylic acids is 1. The number of benzene rings is 2. The molecule has 32 heavy (non-hydrogen) atoms. The van der Waals surface area contributed by atoms with Crippen LogP contribution in [0.5, 0.6) is 17.2 Å². The molecule has 0 unspecified atom stereocenters. The van der Waals surface area contributed by atoms with Gasteiger partial charge in [0.2, 0.25) is 11.7 Å². The maximum Gasteiger partial charge on any atom is 0.248 e. The Bertz CT molecular complexity index is 1130. The van der Waals surface area contributed by atoms with Gasteiger partial charge in [0.15, 0.2) is 11.5 Å². The van der Waals surface area contributed by atoms with E-state index in [1.807, 2.05) is 6.07 Å². The Morgan fingerprint density at radius 1 is 0.938 bits per heavy atom. The molecule has 9 heteroatoms. The molecule has 1 aromatic heterocycles. The Morgan fingerprint density at radius 2 is 1.66 bits per heavy atom. The molecule has 0 aliphatic rings. The summed E-state index contributed by atoms with van der Waals surface area (Å²) in [6, 6.07) is 12.0. The second kappa shape index (κ2) is 10.7. The molecular weight excluding hydrogens is 453 g/mol. The molecule has 0 aliphatic carbocycles. The summed E-state index contributed by atoms with van der Waals surface area (Å²) >= 11 is 11.9. The number of nitrogens with zero attached hydrogens (tertiary/aromatic N) is 1. The van der Waals surface area contributed by atoms with Crippen LogP contribution in [0.15, 0.2) is 54.7 Å². The van der Waals surface area contributed by atoms with E-state index in [0.717, 1.165) is 0 Å². The Labute approximate surface area is 195 Å². The fourth-order valence-electron chi connectivity index (χ4n) is 2.87. The summed E-state index contributed by atoms with van der Waals surface area (Å²) in [6.45, 7) is 0. The Kier molecular flexibility index (Phi) is 7.81. The number of amides is 1. The Hall–Kier alpha value is -3.42. The van der Waals surface area contributed by atoms with Gasteiger partial charge in [-0.2, -0.15) is 0 Å². The largest absolute Gasteiger partial charge is 0.493 e. The molecule has 0 saturated carbocycles. The molecule has 3 aromatic rings. The molecule has 0 saturated heterocycles. The van der Waals surface area contributed by atoms with Crippen LogP contribution in [0.1, 0.15) is 5.56 Å². The van der Waals surface area contributed by atoms with Gasteiger partial charge in [0, 0.05) is 41.3 Å². The van der Waals surface area contributed by atoms with E-state index in [2.05, 4.69) is 15.6 Å². The molecule has 1 amide bonds. The second-order valence-electron chi connectivity index (χ2n) is 6.43. The van der Waals surface area contributed by atoms with Crippen LogP contribution in [0.25, 0.3) is 6.08 Å². The summed E-state index contributed by atoms with van der Waals surface area (Å²) in [5.41, 5.74) is 1.91. The normalized spacial score (nSPS) is 10.7. The third-order valence-electron chi connectivity index (χ3n) is 4.37. The third kappa shape index (κ3) is 5.63. The summed E-state index contributed by atoms with van der Waals surface area (Å²) in [6.07, 6.45) is 4.70. The SMILES string of the molecule is COc1cc(Nc2ncccc2/C=C/C(=O)Nc2ccc(Cl)c(Cl)c2)cc(OC)c1OC. The minimum Gasteiger partial charge on any atom is -0.493 e. The zero-order chi connectivity index (χ0) is 23.1. The molecule has 0 fully saturated rings. The molecule has 0 bridgehead atoms. The number of hydrogen-bond donors (Lipinski definition) is 2. The molecule has 0 atom stereocenters. The lowest BCUT2D eigenvalue weighted by Crippen LogP contribution is -2.07. The van der Waals surface area contributed by atoms with E-state index < -0.39 is 0 Å². The average Bonchev–Trinajstić information content (AvgIpc) is 2.80. The Balaban J connectivity index is 1.80. The first-order chi connectivity index (χ1) is 15.4. The van der Waals surface area contributed by atoms with E-state index in [0.29, 0.717) is 50.0 Å². The summed E-state index contributed by atoms with van der Waals surface area (Å²) < 4.78 is 16.1. The highest BCUT2D eigenvalue weighted by Crippen LogP contribution is 2.40. The van der Waals surface area contributed by atoms with E-state index in [-0.39, 0.29) is 5.91 Å². The van der Waals surface area contributed by atoms with Crippen LogP contribution in [0.2, 0.25) is 10.0 Å². The first-order valence-electron chi connectivity index (χ1n) is 9.41. The van der Waals surface area contributed by atoms with Crippen molar-refractivity contribution in [3.63, 3.8) is 0 Å². The first-order valence-corrected chi connectivity index (χ1v) is 10.2. The molecule has 0 aliphatic heterocycles. The third-order valence-corrected chi connectivity index (χ3v) is 5.11. The minimum absolute atomic E-state index is 0.328. The number of anilines is 3. The zero-order valence-electron chi connectivity index (χ0n) is 17.6. The summed E-state index contributed by atoms with van der Waals surface area (Å²) in [5, 5.41) is 6.73. The highest BCUT2D eigenvalue weighted by Gasteiger charge is 2.14. The predicted molar refractivity (Wildman–Crippen MR) is 128 cm³/mol. The van der Waals surface area contributed by atoms with Crippen molar-refractivity contribution in [1.29, 1.82) is 0 Å². The van der Waals surface area contributed by atoms with Gasteiger partial charge >= 0.3 is 0 Å². The van der Waals surface area contributed by atoms with Crippen molar-refractivity contribution in [2.45, 2.75) is 0 Å². The molecule has 7 nitrogen and oxygen atoms in total. The molecular formula is C23H21Cl2N3O4. The smallest absolute Gasteiger partial charge is 0.248 e. The highest BCUT2D eigenvalue weighted by atomic mass is 35.5. The van der Waals surface area contributed by atoms with Crippen molar-refractivity contribution >= 4 is 52.4 Å². The summed E-state index contributed by atoms with van der Waals surface area (Å²) in [5.74, 6) is 1.71. The number of aromatic nitrogens is 1. The van der Waals surface area contributed by atoms with Crippen molar-refractivity contribution in [2.75, 3.05) is 32.0 Å². The van der Waals surface area contributed by atoms with Gasteiger partial charge in [-0.15, -0.1) is 0 Å². The number of hydrogen-bond acceptors (Lipinski definition) is 6. The maximum absolute atomic E-state index is 12.3. The lowest BCUT2D eigenvalue weighted by molar-refractivity contribution is -0.111. The van der Waals surface area contributed by atoms with Gasteiger partial charge in [-0.25, -0.2) is 4.98 Å². The highest BCUT2D eigenvalue weighted by molar-refractivity contribution is 6.42. The number of pyridine rings is 1. The number of methoxy groups -OCH3 is 3. The molecule has 0 spiro atoms. The van der Waals surface area contributed by atoms with Gasteiger partial charge in [0.25, 0.3) is 0 Å². The van der Waals surface area contributed by atoms with Crippen LogP contribution in [-0.2, 0) is 4.79 Å². The van der Waals surface area contributed by atoms with Gasteiger partial charge in [0.05, 0.1) is 31.4 Å². The van der Waals surface area contributed by atoms with Crippen molar-refractivity contribution < 1.29 is 19.0 Å². The number of carbonyl (C=O) groups is 1. The fourth-order valence-corrected chi connectivity index (χ4v) is 3.17. The van der Waals surface area contributed by atoms with Crippen molar-refractivity contribution in [3.8, 4) is 17.2 Å². The number of rotatable bonds is 8. The monoisotopic (exact) mass is 473 g/mol. The van der Waals surface area contributed by atoms with Crippen molar-refractivity contribution in [2.24, 2.45) is 0 Å². The number of halogens is 2. The standard InChI is InChI=1S/C23H21Cl2N3O4/c1-30-19-12-16(13-20(31-2)22(19)32-3)28-23-14(5-4-10-26-23)6-9-21(29)27-15-7-8-17(24)18(25)11-15/h4-13H,1-3H3,(H,26,28)(H,27,29)/b9-6+. The van der Waals surface area contributed by atoms with Gasteiger partial charge < -0.3 is 24.8 Å². The number of nitrogens with one attached hydrogen (secondary N) is 2. The van der Waals surface area contributed by atoms with Crippen LogP contribution in [0, 0.1) is 0 Å². The second-order valence-corrected chi connectivity index (χ2v) is 7.25. The lowest BCUT2D eigenvalue weighted by atomic mass is 10.2. The van der Waals surface area contributed by atoms with Crippen LogP contribution in [0.3, 0.4) is 0 Å². The van der Waals surface area contributed by atoms with Gasteiger partial charge in [-0.05, 0) is 36.4 Å². The average molecular weight is 474 g/mol. The van der Waals surface area contributed by atoms with Crippen molar-refractivity contribution in [1.82, 2.24) is 4.98 Å². The zero-order valence-corrected chi connectivity index (χ0v) is 19.1. The molecule has 0 radical (unpaired) electrons. The van der Waals surface area contributed by atoms with Crippen LogP contribution >= 0.6 is 23.2 Å². The topological polar surface area (TPSA) is 81.7 Å². The first kappa shape index (κ1) is 23.2. The Morgan fingerprint density at radius 3 is 2.28 bits per heavy atom. The number of ether oxygens (including phenoxy) is 3. The van der Waals surface area contributed by atoms with E-state index in [1.165, 1.54) is 13.2 Å². The van der Waals surface area contributed by atoms with Gasteiger partial charge in [-0.1, -0.05) is 23.2 Å². The van der Waals surface area contributed by atoms with Crippen molar-refractivity contribution in [3.05, 3.63) is 70.3 Å². The van der Waals surface area contributed by atoms with E-state index in [1.54, 1.807) is 62.9 Å². The minimum atomic E-state index is -0.328. The quantitative estimate of drug-likeness (QED) is 0.401. The maximum atomic E-state index is 12.3. The van der Waals surface area contributed by atoms with Gasteiger partial charge in [-0.3, -0.25) is 4.79 Å². The fraction of sp³-hybridized carbons (Fsp3) is 0.130. The predicted octanol–water partition coefficient (Wildman–Crippen LogP) is 5.81. The van der Waals surface area contributed by atoms with Crippen LogP contribution in [0.4, 0.5) is 17.2 Å². The van der Waals surface area contributed by atoms with E-state index >= 15 is 0 Å². The van der Waals surface area contributed by atoms with Crippen LogP contribution < -0.4 is 24.8 Å². The van der Waals surface area contributed by atoms with Gasteiger partial charge in [0.1, 0.15) is 5.82 Å². The summed E-state index contributed by atoms with van der Waals surface area (Å²) in [4.78, 5) is 16.7. The van der Waals surface area contributed by atoms with Crippen LogP contribution in [-0.4, -0.2) is 32.2 Å². The lowest BCUT2D eigenvalue weighted by Gasteiger charge is -2.15. The summed E-state index contributed by atoms with van der Waals surface area (Å²) in [7, 11) is 4.63. The molecule has 2 N–H and O–H groups in total. The van der Waals surface area contributed by atoms with E-state index in [9.17, 15) is 4.79 Å². The molecule has 3 rings (SSSR count). The molecule has 2 aromatic carbocycles. The molecule has 166 valence electrons.